The van der Waals surface area contributed by atoms with Crippen molar-refractivity contribution >= 4 is 9.05 Å². The van der Waals surface area contributed by atoms with Gasteiger partial charge in [-0.15, -0.1) is 0 Å². The Balaban J connectivity index is 2.09. The first-order valence-corrected chi connectivity index (χ1v) is 20.1. The molecule has 0 aromatic heterocycles. The SMILES string of the molecule is CC(C)(C)O[Si](OC(C)(C)C)(OC(C)(C)C)[O][Ti]([O]C1CCCCC1)([O]C1CCCCC1)[O]C1CCCCC1. The molecule has 0 aromatic carbocycles. The summed E-state index contributed by atoms with van der Waals surface area (Å²) in [7, 11) is -3.88. The zero-order valence-corrected chi connectivity index (χ0v) is 29.3. The molecule has 0 aliphatic heterocycles. The van der Waals surface area contributed by atoms with Crippen LogP contribution in [-0.2, 0) is 44.4 Å². The van der Waals surface area contributed by atoms with Gasteiger partial charge in [-0.3, -0.25) is 0 Å². The van der Waals surface area contributed by atoms with Crippen LogP contribution in [0.3, 0.4) is 0 Å². The molecule has 3 saturated carbocycles. The molecule has 0 atom stereocenters. The molecule has 3 aliphatic rings. The maximum atomic E-state index is 7.26. The van der Waals surface area contributed by atoms with Gasteiger partial charge in [-0.25, -0.2) is 0 Å². The summed E-state index contributed by atoms with van der Waals surface area (Å²) in [5.74, 6) is 0. The normalized spacial score (nSPS) is 22.4. The van der Waals surface area contributed by atoms with Gasteiger partial charge < -0.3 is 0 Å². The van der Waals surface area contributed by atoms with Crippen LogP contribution in [0.4, 0.5) is 0 Å². The van der Waals surface area contributed by atoms with Crippen LogP contribution < -0.4 is 0 Å². The first-order chi connectivity index (χ1) is 18.1. The molecule has 3 fully saturated rings. The summed E-state index contributed by atoms with van der Waals surface area (Å²) < 4.78 is 48.9. The van der Waals surface area contributed by atoms with Gasteiger partial charge in [-0.1, -0.05) is 0 Å². The van der Waals surface area contributed by atoms with E-state index in [2.05, 4.69) is 0 Å². The molecule has 0 radical (unpaired) electrons. The van der Waals surface area contributed by atoms with Crippen molar-refractivity contribution in [3.05, 3.63) is 0 Å². The van der Waals surface area contributed by atoms with Crippen molar-refractivity contribution in [1.82, 2.24) is 0 Å². The molecule has 0 spiro atoms. The average molecular weight is 609 g/mol. The van der Waals surface area contributed by atoms with Crippen LogP contribution >= 0.6 is 0 Å². The van der Waals surface area contributed by atoms with E-state index in [0.717, 1.165) is 77.0 Å². The second-order valence-electron chi connectivity index (χ2n) is 14.9. The molecule has 0 aromatic rings. The Labute approximate surface area is 246 Å². The molecule has 3 aliphatic carbocycles. The fourth-order valence-corrected chi connectivity index (χ4v) is 14.6. The molecule has 0 unspecified atom stereocenters. The Morgan fingerprint density at radius 3 is 0.923 bits per heavy atom. The summed E-state index contributed by atoms with van der Waals surface area (Å²) in [6.45, 7) is 18.2. The predicted molar refractivity (Wildman–Crippen MR) is 153 cm³/mol. The van der Waals surface area contributed by atoms with E-state index < -0.39 is 44.0 Å². The third kappa shape index (κ3) is 12.8. The van der Waals surface area contributed by atoms with Gasteiger partial charge in [-0.05, 0) is 0 Å². The number of rotatable bonds is 11. The van der Waals surface area contributed by atoms with Crippen LogP contribution in [0.15, 0.2) is 0 Å². The number of hydrogen-bond acceptors (Lipinski definition) is 7. The Bertz CT molecular complexity index is 621. The van der Waals surface area contributed by atoms with Gasteiger partial charge in [0.15, 0.2) is 0 Å². The average Bonchev–Trinajstić information content (AvgIpc) is 2.77. The van der Waals surface area contributed by atoms with Crippen molar-refractivity contribution in [2.45, 2.75) is 194 Å². The van der Waals surface area contributed by atoms with Crippen LogP contribution in [0.25, 0.3) is 0 Å². The Morgan fingerprint density at radius 2 is 0.692 bits per heavy atom. The van der Waals surface area contributed by atoms with Gasteiger partial charge in [0, 0.05) is 0 Å². The maximum absolute atomic E-state index is 7.26. The van der Waals surface area contributed by atoms with Crippen LogP contribution in [0.2, 0.25) is 0 Å². The molecule has 39 heavy (non-hydrogen) atoms. The van der Waals surface area contributed by atoms with Crippen LogP contribution in [0.5, 0.6) is 0 Å². The van der Waals surface area contributed by atoms with Crippen LogP contribution in [-0.4, -0.2) is 44.2 Å². The van der Waals surface area contributed by atoms with Gasteiger partial charge >= 0.3 is 247 Å². The summed E-state index contributed by atoms with van der Waals surface area (Å²) in [5, 5.41) is 0. The van der Waals surface area contributed by atoms with E-state index in [4.69, 9.17) is 26.2 Å². The van der Waals surface area contributed by atoms with E-state index in [1.165, 1.54) is 19.3 Å². The van der Waals surface area contributed by atoms with Crippen molar-refractivity contribution in [3.63, 3.8) is 0 Å². The van der Waals surface area contributed by atoms with Crippen LogP contribution in [0, 0.1) is 0 Å². The van der Waals surface area contributed by atoms with Crippen molar-refractivity contribution < 1.29 is 44.4 Å². The van der Waals surface area contributed by atoms with Gasteiger partial charge in [0.2, 0.25) is 0 Å². The molecule has 0 amide bonds. The van der Waals surface area contributed by atoms with Gasteiger partial charge in [0.05, 0.1) is 0 Å². The topological polar surface area (TPSA) is 64.6 Å². The third-order valence-corrected chi connectivity index (χ3v) is 15.5. The molecule has 7 nitrogen and oxygen atoms in total. The standard InChI is InChI=1S/C12H27O4Si.3C6H11O.Ti/c1-10(2,3)14-17(13,15-11(4,5)6)16-12(7,8)9;3*7-6-4-2-1-3-5-6;/h1-9H3;3*6H,1-5H2;/q4*-1;+4. The summed E-state index contributed by atoms with van der Waals surface area (Å²) >= 11 is -4.53. The van der Waals surface area contributed by atoms with E-state index in [1.54, 1.807) is 0 Å². The summed E-state index contributed by atoms with van der Waals surface area (Å²) in [5.41, 5.74) is -1.72. The fourth-order valence-electron chi connectivity index (χ4n) is 5.72. The molecule has 0 saturated heterocycles. The zero-order valence-electron chi connectivity index (χ0n) is 26.7. The van der Waals surface area contributed by atoms with E-state index in [9.17, 15) is 0 Å². The van der Waals surface area contributed by atoms with E-state index in [-0.39, 0.29) is 18.3 Å². The first-order valence-electron chi connectivity index (χ1n) is 15.9. The summed E-state index contributed by atoms with van der Waals surface area (Å²) in [4.78, 5) is 0. The number of hydrogen-bond donors (Lipinski definition) is 0. The summed E-state index contributed by atoms with van der Waals surface area (Å²) in [6.07, 6.45) is 17.0. The fraction of sp³-hybridized carbons (Fsp3) is 1.00. The second-order valence-corrected chi connectivity index (χ2v) is 20.3. The Hall–Kier alpha value is 0.651. The zero-order chi connectivity index (χ0) is 28.8. The predicted octanol–water partition coefficient (Wildman–Crippen LogP) is 8.75. The Morgan fingerprint density at radius 1 is 0.436 bits per heavy atom. The Kier molecular flexibility index (Phi) is 12.6. The quantitative estimate of drug-likeness (QED) is 0.217. The molecule has 0 bridgehead atoms. The third-order valence-electron chi connectivity index (χ3n) is 7.13. The van der Waals surface area contributed by atoms with Crippen molar-refractivity contribution in [1.29, 1.82) is 0 Å². The van der Waals surface area contributed by atoms with Gasteiger partial charge in [0.1, 0.15) is 0 Å². The van der Waals surface area contributed by atoms with Crippen molar-refractivity contribution in [3.8, 4) is 0 Å². The van der Waals surface area contributed by atoms with E-state index >= 15 is 0 Å². The van der Waals surface area contributed by atoms with Crippen molar-refractivity contribution in [2.24, 2.45) is 0 Å². The van der Waals surface area contributed by atoms with Gasteiger partial charge in [0.25, 0.3) is 0 Å². The van der Waals surface area contributed by atoms with Crippen molar-refractivity contribution in [2.75, 3.05) is 0 Å². The van der Waals surface area contributed by atoms with E-state index in [1.807, 2.05) is 62.3 Å². The molecular formula is C30H60O7SiTi. The molecular weight excluding hydrogens is 548 g/mol. The van der Waals surface area contributed by atoms with E-state index in [0.29, 0.717) is 0 Å². The minimum absolute atomic E-state index is 0.0662. The molecule has 3 rings (SSSR count). The molecule has 0 heterocycles. The molecule has 9 heteroatoms. The second kappa shape index (κ2) is 14.4. The molecule has 0 N–H and O–H groups in total. The minimum atomic E-state index is -4.53. The summed E-state index contributed by atoms with van der Waals surface area (Å²) in [6, 6.07) is 0. The molecule has 230 valence electrons. The van der Waals surface area contributed by atoms with Gasteiger partial charge in [-0.2, -0.15) is 0 Å². The van der Waals surface area contributed by atoms with Crippen LogP contribution in [0.1, 0.15) is 159 Å². The first kappa shape index (κ1) is 34.1. The monoisotopic (exact) mass is 608 g/mol.